The molecule has 0 bridgehead atoms. The average Bonchev–Trinajstić information content (AvgIpc) is 2.49. The normalized spacial score (nSPS) is 13.4. The third-order valence-corrected chi connectivity index (χ3v) is 5.48. The summed E-state index contributed by atoms with van der Waals surface area (Å²) < 4.78 is 24.0. The molecule has 0 amide bonds. The summed E-state index contributed by atoms with van der Waals surface area (Å²) in [7, 11) is -3.74. The standard InChI is InChI=1S/C17H22ClNO2S/c1-2-15(18)9-5-3-8-14-12-11-13-7-4-6-10-16(13)17(14)22(19,20)21/h4,6-7,10-12,15H,2-3,5,8-9H2,1H3,(H2,19,20,21)/t15-/m1/s1. The summed E-state index contributed by atoms with van der Waals surface area (Å²) >= 11 is 6.11. The molecule has 0 heterocycles. The van der Waals surface area contributed by atoms with Crippen molar-refractivity contribution in [3.63, 3.8) is 0 Å². The molecule has 0 aliphatic carbocycles. The van der Waals surface area contributed by atoms with Gasteiger partial charge in [0.05, 0.1) is 4.90 Å². The Labute approximate surface area is 137 Å². The largest absolute Gasteiger partial charge is 0.238 e. The maximum absolute atomic E-state index is 12.0. The van der Waals surface area contributed by atoms with Crippen LogP contribution < -0.4 is 5.14 Å². The molecule has 0 unspecified atom stereocenters. The number of nitrogens with two attached hydrogens (primary N) is 1. The van der Waals surface area contributed by atoms with E-state index in [9.17, 15) is 8.42 Å². The van der Waals surface area contributed by atoms with E-state index in [1.807, 2.05) is 36.4 Å². The zero-order chi connectivity index (χ0) is 16.2. The zero-order valence-electron chi connectivity index (χ0n) is 12.8. The molecule has 3 nitrogen and oxygen atoms in total. The lowest BCUT2D eigenvalue weighted by Gasteiger charge is -2.12. The van der Waals surface area contributed by atoms with Crippen LogP contribution in [0.25, 0.3) is 10.8 Å². The number of hydrogen-bond acceptors (Lipinski definition) is 2. The third kappa shape index (κ3) is 4.22. The number of alkyl halides is 1. The van der Waals surface area contributed by atoms with Crippen molar-refractivity contribution in [2.24, 2.45) is 5.14 Å². The van der Waals surface area contributed by atoms with E-state index in [2.05, 4.69) is 6.92 Å². The van der Waals surface area contributed by atoms with E-state index in [-0.39, 0.29) is 10.3 Å². The number of fused-ring (bicyclic) bond motifs is 1. The fourth-order valence-corrected chi connectivity index (χ4v) is 3.89. The van der Waals surface area contributed by atoms with Gasteiger partial charge >= 0.3 is 0 Å². The minimum Gasteiger partial charge on any atom is -0.225 e. The van der Waals surface area contributed by atoms with Gasteiger partial charge in [-0.25, -0.2) is 13.6 Å². The predicted octanol–water partition coefficient (Wildman–Crippen LogP) is 4.22. The first kappa shape index (κ1) is 17.3. The highest BCUT2D eigenvalue weighted by atomic mass is 35.5. The second kappa shape index (κ2) is 7.44. The molecule has 0 spiro atoms. The summed E-state index contributed by atoms with van der Waals surface area (Å²) in [4.78, 5) is 0.267. The Hall–Kier alpha value is -1.10. The number of hydrogen-bond donors (Lipinski definition) is 1. The van der Waals surface area contributed by atoms with Gasteiger partial charge in [0, 0.05) is 10.8 Å². The first-order valence-corrected chi connectivity index (χ1v) is 9.59. The number of halogens is 1. The van der Waals surface area contributed by atoms with E-state index in [0.29, 0.717) is 11.8 Å². The van der Waals surface area contributed by atoms with Crippen molar-refractivity contribution in [3.8, 4) is 0 Å². The summed E-state index contributed by atoms with van der Waals surface area (Å²) in [6.07, 6.45) is 4.50. The van der Waals surface area contributed by atoms with Crippen LogP contribution in [0.15, 0.2) is 41.3 Å². The smallest absolute Gasteiger partial charge is 0.225 e. The van der Waals surface area contributed by atoms with E-state index >= 15 is 0 Å². The average molecular weight is 340 g/mol. The van der Waals surface area contributed by atoms with Crippen LogP contribution in [0.1, 0.15) is 38.2 Å². The molecular formula is C17H22ClNO2S. The number of rotatable bonds is 7. The predicted molar refractivity (Wildman–Crippen MR) is 92.8 cm³/mol. The van der Waals surface area contributed by atoms with Gasteiger partial charge in [0.25, 0.3) is 0 Å². The lowest BCUT2D eigenvalue weighted by molar-refractivity contribution is 0.595. The molecule has 2 aromatic carbocycles. The lowest BCUT2D eigenvalue weighted by Crippen LogP contribution is -2.15. The van der Waals surface area contributed by atoms with Crippen LogP contribution >= 0.6 is 11.6 Å². The Bertz CT molecular complexity index is 743. The van der Waals surface area contributed by atoms with Crippen molar-refractivity contribution in [1.29, 1.82) is 0 Å². The minimum absolute atomic E-state index is 0.203. The van der Waals surface area contributed by atoms with Gasteiger partial charge in [0.2, 0.25) is 10.0 Å². The zero-order valence-corrected chi connectivity index (χ0v) is 14.3. The summed E-state index contributed by atoms with van der Waals surface area (Å²) in [5.74, 6) is 0. The van der Waals surface area contributed by atoms with Crippen molar-refractivity contribution in [2.45, 2.75) is 49.3 Å². The number of primary sulfonamides is 1. The van der Waals surface area contributed by atoms with Crippen LogP contribution in [0.3, 0.4) is 0 Å². The minimum atomic E-state index is -3.74. The number of benzene rings is 2. The van der Waals surface area contributed by atoms with Crippen molar-refractivity contribution >= 4 is 32.4 Å². The topological polar surface area (TPSA) is 60.2 Å². The molecule has 0 aliphatic heterocycles. The molecule has 0 radical (unpaired) electrons. The molecule has 0 saturated heterocycles. The lowest BCUT2D eigenvalue weighted by atomic mass is 10.0. The number of sulfonamides is 1. The first-order chi connectivity index (χ1) is 10.4. The van der Waals surface area contributed by atoms with E-state index in [4.69, 9.17) is 16.7 Å². The molecule has 2 rings (SSSR count). The van der Waals surface area contributed by atoms with Gasteiger partial charge in [0.15, 0.2) is 0 Å². The molecule has 0 fully saturated rings. The fourth-order valence-electron chi connectivity index (χ4n) is 2.71. The molecule has 1 atom stereocenters. The molecule has 5 heteroatoms. The second-order valence-electron chi connectivity index (χ2n) is 5.57. The fraction of sp³-hybridized carbons (Fsp3) is 0.412. The van der Waals surface area contributed by atoms with Crippen molar-refractivity contribution in [2.75, 3.05) is 0 Å². The van der Waals surface area contributed by atoms with Crippen LogP contribution in [-0.2, 0) is 16.4 Å². The Kier molecular flexibility index (Phi) is 5.84. The van der Waals surface area contributed by atoms with Crippen molar-refractivity contribution < 1.29 is 8.42 Å². The molecule has 0 saturated carbocycles. The van der Waals surface area contributed by atoms with Crippen LogP contribution in [-0.4, -0.2) is 13.8 Å². The molecule has 0 aliphatic rings. The Balaban J connectivity index is 2.26. The van der Waals surface area contributed by atoms with Crippen molar-refractivity contribution in [3.05, 3.63) is 42.0 Å². The van der Waals surface area contributed by atoms with Gasteiger partial charge in [-0.2, -0.15) is 0 Å². The Morgan fingerprint density at radius 3 is 2.55 bits per heavy atom. The molecule has 2 N–H and O–H groups in total. The SMILES string of the molecule is CC[C@@H](Cl)CCCCc1ccc2ccccc2c1S(N)(=O)=O. The summed E-state index contributed by atoms with van der Waals surface area (Å²) in [6.45, 7) is 2.07. The summed E-state index contributed by atoms with van der Waals surface area (Å²) in [5.41, 5.74) is 0.795. The van der Waals surface area contributed by atoms with E-state index in [1.165, 1.54) is 0 Å². The van der Waals surface area contributed by atoms with Gasteiger partial charge in [-0.15, -0.1) is 11.6 Å². The van der Waals surface area contributed by atoms with Crippen LogP contribution in [0.5, 0.6) is 0 Å². The van der Waals surface area contributed by atoms with E-state index in [0.717, 1.165) is 36.6 Å². The Morgan fingerprint density at radius 2 is 1.86 bits per heavy atom. The highest BCUT2D eigenvalue weighted by molar-refractivity contribution is 7.89. The van der Waals surface area contributed by atoms with Crippen LogP contribution in [0.2, 0.25) is 0 Å². The second-order valence-corrected chi connectivity index (χ2v) is 7.69. The molecule has 2 aromatic rings. The molecular weight excluding hydrogens is 318 g/mol. The van der Waals surface area contributed by atoms with Crippen LogP contribution in [0, 0.1) is 0 Å². The van der Waals surface area contributed by atoms with E-state index in [1.54, 1.807) is 0 Å². The Morgan fingerprint density at radius 1 is 1.14 bits per heavy atom. The van der Waals surface area contributed by atoms with Gasteiger partial charge < -0.3 is 0 Å². The highest BCUT2D eigenvalue weighted by Gasteiger charge is 2.17. The highest BCUT2D eigenvalue weighted by Crippen LogP contribution is 2.27. The van der Waals surface area contributed by atoms with Gasteiger partial charge in [0.1, 0.15) is 0 Å². The van der Waals surface area contributed by atoms with Crippen molar-refractivity contribution in [1.82, 2.24) is 0 Å². The molecule has 120 valence electrons. The van der Waals surface area contributed by atoms with Gasteiger partial charge in [-0.05, 0) is 36.6 Å². The summed E-state index contributed by atoms with van der Waals surface area (Å²) in [6, 6.07) is 11.3. The van der Waals surface area contributed by atoms with Gasteiger partial charge in [-0.3, -0.25) is 0 Å². The third-order valence-electron chi connectivity index (χ3n) is 3.90. The quantitative estimate of drug-likeness (QED) is 0.606. The van der Waals surface area contributed by atoms with Gasteiger partial charge in [-0.1, -0.05) is 49.7 Å². The maximum atomic E-state index is 12.0. The summed E-state index contributed by atoms with van der Waals surface area (Å²) in [5, 5.41) is 7.24. The first-order valence-electron chi connectivity index (χ1n) is 7.61. The molecule has 22 heavy (non-hydrogen) atoms. The monoisotopic (exact) mass is 339 g/mol. The number of aryl methyl sites for hydroxylation is 1. The van der Waals surface area contributed by atoms with E-state index < -0.39 is 10.0 Å². The maximum Gasteiger partial charge on any atom is 0.238 e. The molecule has 0 aromatic heterocycles. The number of unbranched alkanes of at least 4 members (excludes halogenated alkanes) is 1. The van der Waals surface area contributed by atoms with Crippen LogP contribution in [0.4, 0.5) is 0 Å².